The number of para-hydroxylation sites is 1. The maximum atomic E-state index is 13.1. The van der Waals surface area contributed by atoms with Crippen LogP contribution in [-0.2, 0) is 0 Å². The van der Waals surface area contributed by atoms with Crippen LogP contribution in [0.3, 0.4) is 0 Å². The first-order chi connectivity index (χ1) is 10.1. The zero-order chi connectivity index (χ0) is 14.8. The fourth-order valence-electron chi connectivity index (χ4n) is 1.76. The summed E-state index contributed by atoms with van der Waals surface area (Å²) < 4.78 is 14.2. The SMILES string of the molecule is Fc1ccc(NC(=S)Nc2nc3ccccc3s2)cc1Cl. The van der Waals surface area contributed by atoms with Gasteiger partial charge >= 0.3 is 0 Å². The Labute approximate surface area is 134 Å². The second-order valence-corrected chi connectivity index (χ2v) is 6.04. The van der Waals surface area contributed by atoms with Gasteiger partial charge in [-0.15, -0.1) is 0 Å². The summed E-state index contributed by atoms with van der Waals surface area (Å²) in [6, 6.07) is 12.1. The van der Waals surface area contributed by atoms with Gasteiger partial charge in [0.15, 0.2) is 10.2 Å². The van der Waals surface area contributed by atoms with Crippen LogP contribution in [0.25, 0.3) is 10.2 Å². The van der Waals surface area contributed by atoms with Crippen molar-refractivity contribution >= 4 is 61.3 Å². The van der Waals surface area contributed by atoms with E-state index in [0.29, 0.717) is 15.9 Å². The molecule has 2 aromatic carbocycles. The standard InChI is InChI=1S/C14H9ClFN3S2/c15-9-7-8(5-6-10(9)16)17-13(20)19-14-18-11-3-1-2-4-12(11)21-14/h1-7H,(H2,17,18,19,20). The summed E-state index contributed by atoms with van der Waals surface area (Å²) in [7, 11) is 0. The number of anilines is 2. The summed E-state index contributed by atoms with van der Waals surface area (Å²) in [5.74, 6) is -0.465. The van der Waals surface area contributed by atoms with Crippen molar-refractivity contribution in [2.45, 2.75) is 0 Å². The van der Waals surface area contributed by atoms with E-state index in [1.165, 1.54) is 23.5 Å². The van der Waals surface area contributed by atoms with Gasteiger partial charge in [0, 0.05) is 5.69 Å². The molecule has 0 aliphatic carbocycles. The van der Waals surface area contributed by atoms with Gasteiger partial charge in [-0.05, 0) is 42.5 Å². The number of hydrogen-bond donors (Lipinski definition) is 2. The third kappa shape index (κ3) is 3.29. The highest BCUT2D eigenvalue weighted by Gasteiger charge is 2.06. The fraction of sp³-hybridized carbons (Fsp3) is 0. The van der Waals surface area contributed by atoms with E-state index in [2.05, 4.69) is 15.6 Å². The van der Waals surface area contributed by atoms with Crippen molar-refractivity contribution in [2.75, 3.05) is 10.6 Å². The summed E-state index contributed by atoms with van der Waals surface area (Å²) in [4.78, 5) is 4.42. The van der Waals surface area contributed by atoms with E-state index in [9.17, 15) is 4.39 Å². The summed E-state index contributed by atoms with van der Waals surface area (Å²) in [6.07, 6.45) is 0. The maximum Gasteiger partial charge on any atom is 0.190 e. The highest BCUT2D eigenvalue weighted by Crippen LogP contribution is 2.25. The lowest BCUT2D eigenvalue weighted by Gasteiger charge is -2.08. The van der Waals surface area contributed by atoms with E-state index >= 15 is 0 Å². The van der Waals surface area contributed by atoms with Crippen molar-refractivity contribution in [2.24, 2.45) is 0 Å². The Morgan fingerprint density at radius 3 is 2.76 bits per heavy atom. The zero-order valence-corrected chi connectivity index (χ0v) is 13.0. The summed E-state index contributed by atoms with van der Waals surface area (Å²) in [5.41, 5.74) is 1.53. The Kier molecular flexibility index (Phi) is 4.01. The Morgan fingerprint density at radius 1 is 1.19 bits per heavy atom. The Hall–Kier alpha value is -1.76. The second kappa shape index (κ2) is 5.93. The third-order valence-electron chi connectivity index (χ3n) is 2.69. The highest BCUT2D eigenvalue weighted by atomic mass is 35.5. The van der Waals surface area contributed by atoms with Gasteiger partial charge in [-0.25, -0.2) is 9.37 Å². The molecule has 21 heavy (non-hydrogen) atoms. The first kappa shape index (κ1) is 14.2. The molecule has 2 N–H and O–H groups in total. The van der Waals surface area contributed by atoms with Gasteiger partial charge in [0.2, 0.25) is 0 Å². The van der Waals surface area contributed by atoms with E-state index in [1.54, 1.807) is 6.07 Å². The molecule has 0 aliphatic heterocycles. The van der Waals surface area contributed by atoms with E-state index < -0.39 is 5.82 Å². The molecular weight excluding hydrogens is 329 g/mol. The number of benzene rings is 2. The van der Waals surface area contributed by atoms with Crippen LogP contribution in [0.4, 0.5) is 15.2 Å². The quantitative estimate of drug-likeness (QED) is 0.652. The first-order valence-corrected chi connectivity index (χ1v) is 7.61. The molecule has 0 spiro atoms. The van der Waals surface area contributed by atoms with Crippen LogP contribution >= 0.6 is 35.2 Å². The smallest absolute Gasteiger partial charge is 0.190 e. The van der Waals surface area contributed by atoms with Gasteiger partial charge in [-0.3, -0.25) is 0 Å². The molecule has 1 aromatic heterocycles. The summed E-state index contributed by atoms with van der Waals surface area (Å²) >= 11 is 12.4. The van der Waals surface area contributed by atoms with Gasteiger partial charge in [-0.2, -0.15) is 0 Å². The van der Waals surface area contributed by atoms with Crippen molar-refractivity contribution < 1.29 is 4.39 Å². The monoisotopic (exact) mass is 337 g/mol. The van der Waals surface area contributed by atoms with E-state index in [-0.39, 0.29) is 5.02 Å². The van der Waals surface area contributed by atoms with Gasteiger partial charge in [-0.1, -0.05) is 35.1 Å². The van der Waals surface area contributed by atoms with E-state index in [4.69, 9.17) is 23.8 Å². The van der Waals surface area contributed by atoms with Gasteiger partial charge in [0.1, 0.15) is 5.82 Å². The number of nitrogens with one attached hydrogen (secondary N) is 2. The zero-order valence-electron chi connectivity index (χ0n) is 10.6. The second-order valence-electron chi connectivity index (χ2n) is 4.19. The maximum absolute atomic E-state index is 13.1. The van der Waals surface area contributed by atoms with Crippen molar-refractivity contribution in [3.63, 3.8) is 0 Å². The Bertz CT molecular complexity index is 786. The van der Waals surface area contributed by atoms with Crippen LogP contribution in [0.2, 0.25) is 5.02 Å². The molecular formula is C14H9ClFN3S2. The molecule has 3 nitrogen and oxygen atoms in total. The molecule has 0 atom stereocenters. The minimum Gasteiger partial charge on any atom is -0.332 e. The topological polar surface area (TPSA) is 37.0 Å². The highest BCUT2D eigenvalue weighted by molar-refractivity contribution is 7.80. The largest absolute Gasteiger partial charge is 0.332 e. The number of thiocarbonyl (C=S) groups is 1. The molecule has 0 saturated carbocycles. The molecule has 3 rings (SSSR count). The van der Waals surface area contributed by atoms with Crippen LogP contribution in [0.5, 0.6) is 0 Å². The lowest BCUT2D eigenvalue weighted by molar-refractivity contribution is 0.628. The molecule has 0 unspecified atom stereocenters. The molecule has 1 heterocycles. The minimum absolute atomic E-state index is 0.0442. The fourth-order valence-corrected chi connectivity index (χ4v) is 3.09. The first-order valence-electron chi connectivity index (χ1n) is 6.00. The van der Waals surface area contributed by atoms with Crippen LogP contribution in [0.1, 0.15) is 0 Å². The number of hydrogen-bond acceptors (Lipinski definition) is 3. The molecule has 0 saturated heterocycles. The number of nitrogens with zero attached hydrogens (tertiary/aromatic N) is 1. The normalized spacial score (nSPS) is 10.6. The molecule has 7 heteroatoms. The lowest BCUT2D eigenvalue weighted by atomic mass is 10.3. The van der Waals surface area contributed by atoms with Crippen LogP contribution < -0.4 is 10.6 Å². The molecule has 0 fully saturated rings. The lowest BCUT2D eigenvalue weighted by Crippen LogP contribution is -2.18. The summed E-state index contributed by atoms with van der Waals surface area (Å²) in [5, 5.41) is 7.06. The molecule has 106 valence electrons. The molecule has 3 aromatic rings. The van der Waals surface area contributed by atoms with Gasteiger partial charge in [0.25, 0.3) is 0 Å². The molecule has 0 bridgehead atoms. The van der Waals surface area contributed by atoms with Crippen LogP contribution in [-0.4, -0.2) is 10.1 Å². The Balaban J connectivity index is 1.72. The van der Waals surface area contributed by atoms with E-state index in [0.717, 1.165) is 10.2 Å². The van der Waals surface area contributed by atoms with Gasteiger partial charge < -0.3 is 10.6 Å². The average molecular weight is 338 g/mol. The Morgan fingerprint density at radius 2 is 2.00 bits per heavy atom. The minimum atomic E-state index is -0.465. The van der Waals surface area contributed by atoms with Crippen molar-refractivity contribution in [1.29, 1.82) is 0 Å². The number of fused-ring (bicyclic) bond motifs is 1. The predicted molar refractivity (Wildman–Crippen MR) is 90.9 cm³/mol. The van der Waals surface area contributed by atoms with Crippen LogP contribution in [0.15, 0.2) is 42.5 Å². The van der Waals surface area contributed by atoms with Crippen molar-refractivity contribution in [3.05, 3.63) is 53.3 Å². The van der Waals surface area contributed by atoms with Crippen LogP contribution in [0, 0.1) is 5.82 Å². The molecule has 0 aliphatic rings. The molecule has 0 radical (unpaired) electrons. The number of rotatable bonds is 2. The van der Waals surface area contributed by atoms with Gasteiger partial charge in [0.05, 0.1) is 15.2 Å². The number of halogens is 2. The number of aromatic nitrogens is 1. The average Bonchev–Trinajstić information content (AvgIpc) is 2.84. The number of thiazole rings is 1. The predicted octanol–water partition coefficient (Wildman–Crippen LogP) is 4.90. The van der Waals surface area contributed by atoms with Crippen molar-refractivity contribution in [3.8, 4) is 0 Å². The third-order valence-corrected chi connectivity index (χ3v) is 4.14. The summed E-state index contributed by atoms with van der Waals surface area (Å²) in [6.45, 7) is 0. The van der Waals surface area contributed by atoms with E-state index in [1.807, 2.05) is 24.3 Å². The van der Waals surface area contributed by atoms with Crippen molar-refractivity contribution in [1.82, 2.24) is 4.98 Å². The molecule has 0 amide bonds.